The molecular weight excluding hydrogens is 169 g/mol. The summed E-state index contributed by atoms with van der Waals surface area (Å²) in [6, 6.07) is 4.46. The first-order chi connectivity index (χ1) is 5.54. The van der Waals surface area contributed by atoms with Gasteiger partial charge in [0.15, 0.2) is 0 Å². The first kappa shape index (κ1) is 8.53. The molecule has 0 aliphatic carbocycles. The standard InChI is InChI=1S/C7H2F3N2/c8-7(9,10)6-3-5(4-11)1-2-12-6/h2-3H. The van der Waals surface area contributed by atoms with E-state index in [1.54, 1.807) is 6.07 Å². The Morgan fingerprint density at radius 2 is 2.17 bits per heavy atom. The zero-order valence-corrected chi connectivity index (χ0v) is 5.68. The minimum Gasteiger partial charge on any atom is -0.251 e. The Morgan fingerprint density at radius 1 is 1.50 bits per heavy atom. The van der Waals surface area contributed by atoms with Crippen molar-refractivity contribution in [3.8, 4) is 6.07 Å². The summed E-state index contributed by atoms with van der Waals surface area (Å²) in [5.74, 6) is 0. The highest BCUT2D eigenvalue weighted by molar-refractivity contribution is 5.28. The normalized spacial score (nSPS) is 10.8. The van der Waals surface area contributed by atoms with Gasteiger partial charge in [-0.15, -0.1) is 0 Å². The van der Waals surface area contributed by atoms with Crippen molar-refractivity contribution in [1.82, 2.24) is 4.98 Å². The van der Waals surface area contributed by atoms with Crippen LogP contribution in [0.25, 0.3) is 0 Å². The second kappa shape index (κ2) is 2.81. The minimum atomic E-state index is -4.50. The second-order valence-corrected chi connectivity index (χ2v) is 1.96. The molecule has 1 radical (unpaired) electrons. The van der Waals surface area contributed by atoms with E-state index in [0.29, 0.717) is 6.07 Å². The average Bonchev–Trinajstić information content (AvgIpc) is 2.03. The average molecular weight is 171 g/mol. The van der Waals surface area contributed by atoms with Crippen LogP contribution in [0.5, 0.6) is 0 Å². The van der Waals surface area contributed by atoms with Crippen LogP contribution in [0, 0.1) is 17.4 Å². The lowest BCUT2D eigenvalue weighted by atomic mass is 10.2. The van der Waals surface area contributed by atoms with Crippen molar-refractivity contribution in [2.24, 2.45) is 0 Å². The first-order valence-electron chi connectivity index (χ1n) is 2.89. The van der Waals surface area contributed by atoms with Crippen LogP contribution in [0.4, 0.5) is 13.2 Å². The van der Waals surface area contributed by atoms with E-state index in [4.69, 9.17) is 5.26 Å². The van der Waals surface area contributed by atoms with Gasteiger partial charge in [0.25, 0.3) is 0 Å². The highest BCUT2D eigenvalue weighted by Crippen LogP contribution is 2.27. The number of pyridine rings is 1. The lowest BCUT2D eigenvalue weighted by molar-refractivity contribution is -0.141. The van der Waals surface area contributed by atoms with Crippen molar-refractivity contribution >= 4 is 0 Å². The van der Waals surface area contributed by atoms with E-state index >= 15 is 0 Å². The van der Waals surface area contributed by atoms with Crippen LogP contribution in [0.1, 0.15) is 11.3 Å². The van der Waals surface area contributed by atoms with E-state index in [1.807, 2.05) is 0 Å². The molecule has 0 aromatic carbocycles. The van der Waals surface area contributed by atoms with E-state index in [0.717, 1.165) is 6.20 Å². The third-order valence-corrected chi connectivity index (χ3v) is 1.12. The van der Waals surface area contributed by atoms with E-state index in [1.165, 1.54) is 0 Å². The van der Waals surface area contributed by atoms with Gasteiger partial charge in [0.2, 0.25) is 0 Å². The maximum Gasteiger partial charge on any atom is 0.433 e. The van der Waals surface area contributed by atoms with Crippen molar-refractivity contribution in [2.75, 3.05) is 0 Å². The summed E-state index contributed by atoms with van der Waals surface area (Å²) in [6.07, 6.45) is -3.66. The summed E-state index contributed by atoms with van der Waals surface area (Å²) >= 11 is 0. The van der Waals surface area contributed by atoms with Crippen molar-refractivity contribution in [1.29, 1.82) is 5.26 Å². The number of halogens is 3. The summed E-state index contributed by atoms with van der Waals surface area (Å²) in [5.41, 5.74) is -1.24. The fourth-order valence-corrected chi connectivity index (χ4v) is 0.607. The molecule has 0 amide bonds. The van der Waals surface area contributed by atoms with Gasteiger partial charge in [-0.1, -0.05) is 0 Å². The number of nitrogens with zero attached hydrogens (tertiary/aromatic N) is 2. The predicted molar refractivity (Wildman–Crippen MR) is 32.8 cm³/mol. The molecule has 0 N–H and O–H groups in total. The molecule has 0 saturated heterocycles. The molecule has 1 aromatic rings. The van der Waals surface area contributed by atoms with Gasteiger partial charge in [-0.3, -0.25) is 4.98 Å². The van der Waals surface area contributed by atoms with Crippen LogP contribution in [-0.2, 0) is 6.18 Å². The third kappa shape index (κ3) is 1.72. The van der Waals surface area contributed by atoms with Crippen LogP contribution >= 0.6 is 0 Å². The molecule has 1 rings (SSSR count). The highest BCUT2D eigenvalue weighted by Gasteiger charge is 2.32. The van der Waals surface area contributed by atoms with Crippen molar-refractivity contribution in [3.05, 3.63) is 29.6 Å². The fourth-order valence-electron chi connectivity index (χ4n) is 0.607. The van der Waals surface area contributed by atoms with Crippen LogP contribution in [0.3, 0.4) is 0 Å². The Hall–Kier alpha value is -1.57. The Morgan fingerprint density at radius 3 is 2.67 bits per heavy atom. The summed E-state index contributed by atoms with van der Waals surface area (Å²) in [4.78, 5) is 3.03. The first-order valence-corrected chi connectivity index (χ1v) is 2.89. The summed E-state index contributed by atoms with van der Waals surface area (Å²) in [5, 5.41) is 8.25. The van der Waals surface area contributed by atoms with Gasteiger partial charge in [-0.05, 0) is 6.07 Å². The smallest absolute Gasteiger partial charge is 0.251 e. The number of hydrogen-bond donors (Lipinski definition) is 0. The number of hydrogen-bond acceptors (Lipinski definition) is 2. The third-order valence-electron chi connectivity index (χ3n) is 1.12. The molecule has 61 valence electrons. The molecule has 1 heterocycles. The maximum atomic E-state index is 11.9. The quantitative estimate of drug-likeness (QED) is 0.596. The molecule has 2 nitrogen and oxygen atoms in total. The van der Waals surface area contributed by atoms with Crippen LogP contribution < -0.4 is 0 Å². The monoisotopic (exact) mass is 171 g/mol. The lowest BCUT2D eigenvalue weighted by Crippen LogP contribution is -2.07. The Kier molecular flexibility index (Phi) is 2.00. The number of alkyl halides is 3. The number of rotatable bonds is 0. The lowest BCUT2D eigenvalue weighted by Gasteiger charge is -2.03. The Balaban J connectivity index is 3.13. The van der Waals surface area contributed by atoms with Crippen LogP contribution in [0.2, 0.25) is 0 Å². The van der Waals surface area contributed by atoms with Gasteiger partial charge < -0.3 is 0 Å². The predicted octanol–water partition coefficient (Wildman–Crippen LogP) is 1.77. The van der Waals surface area contributed by atoms with Crippen molar-refractivity contribution < 1.29 is 13.2 Å². The van der Waals surface area contributed by atoms with Crippen molar-refractivity contribution in [2.45, 2.75) is 6.18 Å². The molecular formula is C7H2F3N2. The zero-order valence-electron chi connectivity index (χ0n) is 5.68. The molecule has 0 atom stereocenters. The number of nitriles is 1. The van der Waals surface area contributed by atoms with Crippen molar-refractivity contribution in [3.63, 3.8) is 0 Å². The molecule has 12 heavy (non-hydrogen) atoms. The SMILES string of the molecule is N#Cc1[c]cnc(C(F)(F)F)c1. The summed E-state index contributed by atoms with van der Waals surface area (Å²) in [7, 11) is 0. The molecule has 0 aliphatic rings. The summed E-state index contributed by atoms with van der Waals surface area (Å²) in [6.45, 7) is 0. The molecule has 5 heteroatoms. The van der Waals surface area contributed by atoms with E-state index in [9.17, 15) is 13.2 Å². The van der Waals surface area contributed by atoms with Gasteiger partial charge in [0.1, 0.15) is 5.69 Å². The Bertz CT molecular complexity index is 324. The van der Waals surface area contributed by atoms with E-state index < -0.39 is 11.9 Å². The Labute approximate surface area is 66.3 Å². The highest BCUT2D eigenvalue weighted by atomic mass is 19.4. The molecule has 0 fully saturated rings. The van der Waals surface area contributed by atoms with Gasteiger partial charge in [-0.25, -0.2) is 0 Å². The van der Waals surface area contributed by atoms with Gasteiger partial charge >= 0.3 is 6.18 Å². The molecule has 0 bridgehead atoms. The number of aromatic nitrogens is 1. The molecule has 0 spiro atoms. The van der Waals surface area contributed by atoms with Crippen LogP contribution in [-0.4, -0.2) is 4.98 Å². The molecule has 0 saturated carbocycles. The zero-order chi connectivity index (χ0) is 9.19. The van der Waals surface area contributed by atoms with Gasteiger partial charge in [0, 0.05) is 12.3 Å². The van der Waals surface area contributed by atoms with Crippen LogP contribution in [0.15, 0.2) is 12.3 Å². The largest absolute Gasteiger partial charge is 0.433 e. The molecule has 1 aromatic heterocycles. The summed E-state index contributed by atoms with van der Waals surface area (Å²) < 4.78 is 35.8. The molecule has 0 aliphatic heterocycles. The second-order valence-electron chi connectivity index (χ2n) is 1.96. The van der Waals surface area contributed by atoms with Gasteiger partial charge in [0.05, 0.1) is 11.6 Å². The van der Waals surface area contributed by atoms with Gasteiger partial charge in [-0.2, -0.15) is 18.4 Å². The minimum absolute atomic E-state index is 0.169. The van der Waals surface area contributed by atoms with E-state index in [-0.39, 0.29) is 5.56 Å². The maximum absolute atomic E-state index is 11.9. The van der Waals surface area contributed by atoms with E-state index in [2.05, 4.69) is 11.1 Å². The fraction of sp³-hybridized carbons (Fsp3) is 0.143. The topological polar surface area (TPSA) is 36.7 Å². The molecule has 0 unspecified atom stereocenters.